The second-order valence-electron chi connectivity index (χ2n) is 5.05. The van der Waals surface area contributed by atoms with E-state index in [0.717, 1.165) is 22.9 Å². The van der Waals surface area contributed by atoms with Gasteiger partial charge in [-0.1, -0.05) is 12.1 Å². The minimum Gasteiger partial charge on any atom is -0.398 e. The van der Waals surface area contributed by atoms with E-state index in [2.05, 4.69) is 0 Å². The maximum absolute atomic E-state index is 13.5. The van der Waals surface area contributed by atoms with Crippen LogP contribution < -0.4 is 10.6 Å². The van der Waals surface area contributed by atoms with Crippen LogP contribution in [0.3, 0.4) is 0 Å². The molecule has 5 nitrogen and oxygen atoms in total. The van der Waals surface area contributed by atoms with Gasteiger partial charge in [0.1, 0.15) is 11.5 Å². The Kier molecular flexibility index (Phi) is 3.21. The van der Waals surface area contributed by atoms with Gasteiger partial charge in [-0.25, -0.2) is 4.39 Å². The minimum atomic E-state index is -0.482. The number of hydrogen-bond donors (Lipinski definition) is 1. The molecule has 0 bridgehead atoms. The highest BCUT2D eigenvalue weighted by Gasteiger charge is 2.24. The molecule has 0 saturated carbocycles. The fraction of sp³-hybridized carbons (Fsp3) is 0.200. The number of anilines is 2. The van der Waals surface area contributed by atoms with Gasteiger partial charge in [-0.15, -0.1) is 0 Å². The molecule has 2 N–H and O–H groups in total. The number of halogens is 1. The summed E-state index contributed by atoms with van der Waals surface area (Å²) in [4.78, 5) is 12.5. The number of rotatable bonds is 2. The fourth-order valence-electron chi connectivity index (χ4n) is 2.75. The molecule has 3 rings (SSSR count). The number of nitro groups is 1. The molecule has 21 heavy (non-hydrogen) atoms. The molecule has 2 aromatic carbocycles. The Hall–Kier alpha value is -2.63. The zero-order valence-corrected chi connectivity index (χ0v) is 11.3. The van der Waals surface area contributed by atoms with E-state index in [9.17, 15) is 14.5 Å². The zero-order chi connectivity index (χ0) is 15.0. The van der Waals surface area contributed by atoms with E-state index in [-0.39, 0.29) is 5.69 Å². The van der Waals surface area contributed by atoms with Gasteiger partial charge in [-0.05, 0) is 29.7 Å². The van der Waals surface area contributed by atoms with Gasteiger partial charge in [-0.2, -0.15) is 0 Å². The first-order valence-electron chi connectivity index (χ1n) is 6.61. The summed E-state index contributed by atoms with van der Waals surface area (Å²) in [6, 6.07) is 9.19. The summed E-state index contributed by atoms with van der Waals surface area (Å²) in [5.41, 5.74) is 9.02. The summed E-state index contributed by atoms with van der Waals surface area (Å²) < 4.78 is 13.5. The number of nitrogen functional groups attached to an aromatic ring is 1. The first-order valence-corrected chi connectivity index (χ1v) is 6.61. The Balaban J connectivity index is 2.00. The first-order chi connectivity index (χ1) is 10.1. The third kappa shape index (κ3) is 2.40. The maximum atomic E-state index is 13.5. The molecule has 0 spiro atoms. The van der Waals surface area contributed by atoms with Crippen LogP contribution in [0.15, 0.2) is 36.4 Å². The Bertz CT molecular complexity index is 718. The molecule has 0 radical (unpaired) electrons. The van der Waals surface area contributed by atoms with Crippen molar-refractivity contribution in [2.45, 2.75) is 13.0 Å². The van der Waals surface area contributed by atoms with Crippen molar-refractivity contribution >= 4 is 17.1 Å². The molecule has 1 heterocycles. The summed E-state index contributed by atoms with van der Waals surface area (Å²) in [6.07, 6.45) is 0.690. The lowest BCUT2D eigenvalue weighted by Crippen LogP contribution is -2.31. The van der Waals surface area contributed by atoms with Crippen LogP contribution in [0.4, 0.5) is 21.5 Å². The van der Waals surface area contributed by atoms with Crippen molar-refractivity contribution in [3.05, 3.63) is 63.5 Å². The maximum Gasteiger partial charge on any atom is 0.292 e. The molecule has 0 atom stereocenters. The Morgan fingerprint density at radius 3 is 2.86 bits per heavy atom. The van der Waals surface area contributed by atoms with E-state index >= 15 is 0 Å². The molecular weight excluding hydrogens is 273 g/mol. The van der Waals surface area contributed by atoms with Gasteiger partial charge in [0, 0.05) is 30.9 Å². The van der Waals surface area contributed by atoms with Gasteiger partial charge < -0.3 is 10.6 Å². The SMILES string of the molecule is Nc1cccc2c1CCN(c1cc(F)ccc1[N+](=O)[O-])C2. The number of nitro benzene ring substituents is 1. The van der Waals surface area contributed by atoms with E-state index in [4.69, 9.17) is 5.73 Å². The number of nitrogens with zero attached hydrogens (tertiary/aromatic N) is 2. The second-order valence-corrected chi connectivity index (χ2v) is 5.05. The number of fused-ring (bicyclic) bond motifs is 1. The van der Waals surface area contributed by atoms with Gasteiger partial charge in [0.15, 0.2) is 0 Å². The van der Waals surface area contributed by atoms with Gasteiger partial charge in [0.25, 0.3) is 5.69 Å². The molecule has 0 unspecified atom stereocenters. The third-order valence-corrected chi connectivity index (χ3v) is 3.78. The van der Waals surface area contributed by atoms with Crippen molar-refractivity contribution in [1.29, 1.82) is 0 Å². The molecule has 108 valence electrons. The molecular formula is C15H14FN3O2. The molecule has 0 aromatic heterocycles. The van der Waals surface area contributed by atoms with E-state index in [1.54, 1.807) is 0 Å². The normalized spacial score (nSPS) is 13.9. The minimum absolute atomic E-state index is 0.0799. The van der Waals surface area contributed by atoms with Gasteiger partial charge >= 0.3 is 0 Å². The van der Waals surface area contributed by atoms with Gasteiger partial charge in [-0.3, -0.25) is 10.1 Å². The lowest BCUT2D eigenvalue weighted by molar-refractivity contribution is -0.384. The molecule has 2 aromatic rings. The van der Waals surface area contributed by atoms with Gasteiger partial charge in [0.2, 0.25) is 0 Å². The predicted octanol–water partition coefficient (Wildman–Crippen LogP) is 2.88. The third-order valence-electron chi connectivity index (χ3n) is 3.78. The van der Waals surface area contributed by atoms with Crippen LogP contribution in [0.2, 0.25) is 0 Å². The monoisotopic (exact) mass is 287 g/mol. The predicted molar refractivity (Wildman–Crippen MR) is 78.7 cm³/mol. The average Bonchev–Trinajstić information content (AvgIpc) is 2.46. The van der Waals surface area contributed by atoms with E-state index < -0.39 is 10.7 Å². The fourth-order valence-corrected chi connectivity index (χ4v) is 2.75. The molecule has 0 amide bonds. The van der Waals surface area contributed by atoms with Gasteiger partial charge in [0.05, 0.1) is 4.92 Å². The molecule has 6 heteroatoms. The summed E-state index contributed by atoms with van der Waals surface area (Å²) in [6.45, 7) is 1.07. The van der Waals surface area contributed by atoms with Crippen molar-refractivity contribution in [2.75, 3.05) is 17.2 Å². The molecule has 0 saturated heterocycles. The zero-order valence-electron chi connectivity index (χ0n) is 11.3. The Morgan fingerprint density at radius 1 is 1.29 bits per heavy atom. The standard InChI is InChI=1S/C15H14FN3O2/c16-11-4-5-14(19(20)21)15(8-11)18-7-6-12-10(9-18)2-1-3-13(12)17/h1-5,8H,6-7,9,17H2. The lowest BCUT2D eigenvalue weighted by atomic mass is 9.97. The summed E-state index contributed by atoms with van der Waals surface area (Å²) in [7, 11) is 0. The summed E-state index contributed by atoms with van der Waals surface area (Å²) >= 11 is 0. The number of benzene rings is 2. The van der Waals surface area contributed by atoms with Crippen LogP contribution in [0.25, 0.3) is 0 Å². The highest BCUT2D eigenvalue weighted by Crippen LogP contribution is 2.33. The van der Waals surface area contributed by atoms with E-state index in [0.29, 0.717) is 25.2 Å². The van der Waals surface area contributed by atoms with Crippen LogP contribution >= 0.6 is 0 Å². The van der Waals surface area contributed by atoms with Crippen molar-refractivity contribution in [3.63, 3.8) is 0 Å². The summed E-state index contributed by atoms with van der Waals surface area (Å²) in [5, 5.41) is 11.1. The second kappa shape index (κ2) is 5.05. The summed E-state index contributed by atoms with van der Waals surface area (Å²) in [5.74, 6) is -0.478. The first kappa shape index (κ1) is 13.4. The van der Waals surface area contributed by atoms with Crippen molar-refractivity contribution in [3.8, 4) is 0 Å². The van der Waals surface area contributed by atoms with E-state index in [1.165, 1.54) is 12.1 Å². The average molecular weight is 287 g/mol. The Labute approximate surface area is 120 Å². The molecule has 1 aliphatic heterocycles. The largest absolute Gasteiger partial charge is 0.398 e. The number of nitrogens with two attached hydrogens (primary N) is 1. The van der Waals surface area contributed by atoms with Crippen molar-refractivity contribution < 1.29 is 9.31 Å². The van der Waals surface area contributed by atoms with Crippen LogP contribution in [-0.2, 0) is 13.0 Å². The van der Waals surface area contributed by atoms with Crippen LogP contribution in [0.5, 0.6) is 0 Å². The highest BCUT2D eigenvalue weighted by atomic mass is 19.1. The number of hydrogen-bond acceptors (Lipinski definition) is 4. The van der Waals surface area contributed by atoms with Crippen molar-refractivity contribution in [1.82, 2.24) is 0 Å². The smallest absolute Gasteiger partial charge is 0.292 e. The highest BCUT2D eigenvalue weighted by molar-refractivity contribution is 5.65. The van der Waals surface area contributed by atoms with E-state index in [1.807, 2.05) is 23.1 Å². The van der Waals surface area contributed by atoms with Crippen LogP contribution in [-0.4, -0.2) is 11.5 Å². The lowest BCUT2D eigenvalue weighted by Gasteiger charge is -2.31. The van der Waals surface area contributed by atoms with Crippen molar-refractivity contribution in [2.24, 2.45) is 0 Å². The van der Waals surface area contributed by atoms with Crippen LogP contribution in [0.1, 0.15) is 11.1 Å². The molecule has 1 aliphatic rings. The Morgan fingerprint density at radius 2 is 2.10 bits per heavy atom. The molecule has 0 aliphatic carbocycles. The quantitative estimate of drug-likeness (QED) is 0.523. The molecule has 0 fully saturated rings. The topological polar surface area (TPSA) is 72.4 Å². The van der Waals surface area contributed by atoms with Crippen LogP contribution in [0, 0.1) is 15.9 Å².